The topological polar surface area (TPSA) is 103 Å². The fourth-order valence-electron chi connectivity index (χ4n) is 3.02. The molecule has 0 aliphatic rings. The molecule has 9 heteroatoms. The second-order valence-electron chi connectivity index (χ2n) is 6.70. The predicted molar refractivity (Wildman–Crippen MR) is 120 cm³/mol. The normalized spacial score (nSPS) is 11.7. The van der Waals surface area contributed by atoms with Gasteiger partial charge in [0.2, 0.25) is 0 Å². The van der Waals surface area contributed by atoms with Crippen molar-refractivity contribution in [2.45, 2.75) is 12.5 Å². The number of nitriles is 1. The van der Waals surface area contributed by atoms with Crippen LogP contribution < -0.4 is 5.32 Å². The highest BCUT2D eigenvalue weighted by atomic mass is 35.5. The van der Waals surface area contributed by atoms with E-state index in [1.807, 2.05) is 12.1 Å². The fourth-order valence-corrected chi connectivity index (χ4v) is 3.51. The smallest absolute Gasteiger partial charge is 0.141 e. The maximum atomic E-state index is 8.89. The Balaban J connectivity index is 1.63. The van der Waals surface area contributed by atoms with Crippen LogP contribution in [0.5, 0.6) is 0 Å². The van der Waals surface area contributed by atoms with Gasteiger partial charge in [-0.05, 0) is 37.3 Å². The zero-order valence-electron chi connectivity index (χ0n) is 16.2. The molecule has 1 radical (unpaired) electrons. The highest BCUT2D eigenvalue weighted by Gasteiger charge is 2.17. The summed E-state index contributed by atoms with van der Waals surface area (Å²) in [5.74, 6) is 1.84. The average molecular weight is 449 g/mol. The summed E-state index contributed by atoms with van der Waals surface area (Å²) in [5, 5.41) is 13.1. The highest BCUT2D eigenvalue weighted by molar-refractivity contribution is 6.36. The number of rotatable bonds is 6. The van der Waals surface area contributed by atoms with Crippen LogP contribution in [0.15, 0.2) is 55.1 Å². The van der Waals surface area contributed by atoms with Crippen molar-refractivity contribution in [2.24, 2.45) is 0 Å². The van der Waals surface area contributed by atoms with Crippen LogP contribution in [0.4, 0.5) is 5.82 Å². The lowest BCUT2D eigenvalue weighted by Gasteiger charge is -2.15. The van der Waals surface area contributed by atoms with Crippen molar-refractivity contribution in [2.75, 3.05) is 5.32 Å². The summed E-state index contributed by atoms with van der Waals surface area (Å²) in [4.78, 5) is 20.9. The van der Waals surface area contributed by atoms with Crippen molar-refractivity contribution in [3.63, 3.8) is 0 Å². The summed E-state index contributed by atoms with van der Waals surface area (Å²) in [6.07, 6.45) is 7.06. The molecule has 0 bridgehead atoms. The van der Waals surface area contributed by atoms with Gasteiger partial charge in [0.1, 0.15) is 23.5 Å². The molecule has 0 spiro atoms. The molecule has 1 atom stereocenters. The maximum Gasteiger partial charge on any atom is 0.141 e. The Kier molecular flexibility index (Phi) is 6.12. The minimum absolute atomic E-state index is 0.247. The van der Waals surface area contributed by atoms with Crippen LogP contribution in [-0.4, -0.2) is 31.0 Å². The quantitative estimate of drug-likeness (QED) is 0.431. The third-order valence-electron chi connectivity index (χ3n) is 4.45. The molecule has 3 heterocycles. The van der Waals surface area contributed by atoms with Crippen LogP contribution in [0, 0.1) is 18.3 Å². The minimum atomic E-state index is -0.247. The summed E-state index contributed by atoms with van der Waals surface area (Å²) >= 11 is 12.5. The molecular weight excluding hydrogens is 433 g/mol. The lowest BCUT2D eigenvalue weighted by molar-refractivity contribution is 0.793. The molecule has 31 heavy (non-hydrogen) atoms. The number of halogens is 2. The van der Waals surface area contributed by atoms with E-state index in [0.29, 0.717) is 45.2 Å². The second-order valence-corrected chi connectivity index (χ2v) is 7.54. The zero-order valence-corrected chi connectivity index (χ0v) is 17.7. The molecule has 0 saturated carbocycles. The number of anilines is 1. The van der Waals surface area contributed by atoms with E-state index in [0.717, 1.165) is 11.1 Å². The zero-order chi connectivity index (χ0) is 21.8. The molecule has 2 N–H and O–H groups in total. The van der Waals surface area contributed by atoms with E-state index < -0.39 is 0 Å². The first kappa shape index (κ1) is 20.8. The van der Waals surface area contributed by atoms with Crippen LogP contribution in [0.1, 0.15) is 11.4 Å². The molecular formula is C22H16Cl2N7. The monoisotopic (exact) mass is 448 g/mol. The van der Waals surface area contributed by atoms with Crippen molar-refractivity contribution in [1.29, 1.82) is 5.26 Å². The van der Waals surface area contributed by atoms with Crippen molar-refractivity contribution < 1.29 is 0 Å². The molecule has 0 aliphatic heterocycles. The minimum Gasteiger partial charge on any atom is -0.367 e. The molecule has 0 saturated heterocycles. The van der Waals surface area contributed by atoms with Crippen LogP contribution in [0.2, 0.25) is 10.0 Å². The number of aromatic amines is 1. The van der Waals surface area contributed by atoms with Crippen molar-refractivity contribution >= 4 is 29.0 Å². The van der Waals surface area contributed by atoms with E-state index in [1.165, 1.54) is 6.20 Å². The molecule has 7 nitrogen and oxygen atoms in total. The van der Waals surface area contributed by atoms with Crippen LogP contribution in [0.3, 0.4) is 0 Å². The third-order valence-corrected chi connectivity index (χ3v) is 5.00. The Morgan fingerprint density at radius 1 is 1.10 bits per heavy atom. The molecule has 3 aromatic heterocycles. The first-order chi connectivity index (χ1) is 15.0. The number of benzene rings is 1. The lowest BCUT2D eigenvalue weighted by Crippen LogP contribution is -2.20. The van der Waals surface area contributed by atoms with Crippen molar-refractivity contribution in [1.82, 2.24) is 24.9 Å². The molecule has 1 aromatic carbocycles. The number of nitrogens with zero attached hydrogens (tertiary/aromatic N) is 5. The van der Waals surface area contributed by atoms with E-state index in [-0.39, 0.29) is 6.04 Å². The number of hydrogen-bond acceptors (Lipinski definition) is 6. The van der Waals surface area contributed by atoms with Gasteiger partial charge in [0.25, 0.3) is 0 Å². The Labute approximate surface area is 189 Å². The lowest BCUT2D eigenvalue weighted by atomic mass is 10.1. The SMILES string of the molecule is [CH2]C(Cc1ncc(-c2ncc[nH]2)c(-c2ccc(Cl)cc2Cl)n1)Nc1ccc(C#N)cn1. The van der Waals surface area contributed by atoms with Gasteiger partial charge in [-0.15, -0.1) is 0 Å². The molecule has 0 aliphatic carbocycles. The van der Waals surface area contributed by atoms with E-state index in [2.05, 4.69) is 32.2 Å². The van der Waals surface area contributed by atoms with Gasteiger partial charge in [0.05, 0.1) is 21.8 Å². The Hall–Kier alpha value is -3.47. The van der Waals surface area contributed by atoms with Gasteiger partial charge in [0, 0.05) is 47.8 Å². The Bertz CT molecular complexity index is 1230. The number of nitrogens with one attached hydrogen (secondary N) is 2. The van der Waals surface area contributed by atoms with Gasteiger partial charge >= 0.3 is 0 Å². The first-order valence-corrected chi connectivity index (χ1v) is 10.1. The van der Waals surface area contributed by atoms with Gasteiger partial charge in [0.15, 0.2) is 0 Å². The number of pyridine rings is 1. The fraction of sp³-hybridized carbons (Fsp3) is 0.0909. The van der Waals surface area contributed by atoms with Gasteiger partial charge in [-0.2, -0.15) is 5.26 Å². The second kappa shape index (κ2) is 9.13. The Morgan fingerprint density at radius 3 is 2.65 bits per heavy atom. The summed E-state index contributed by atoms with van der Waals surface area (Å²) in [6, 6.07) is 10.5. The van der Waals surface area contributed by atoms with Gasteiger partial charge in [-0.3, -0.25) is 0 Å². The number of aromatic nitrogens is 5. The molecule has 1 unspecified atom stereocenters. The van der Waals surface area contributed by atoms with Gasteiger partial charge in [-0.25, -0.2) is 19.9 Å². The molecule has 0 fully saturated rings. The summed E-state index contributed by atoms with van der Waals surface area (Å²) in [7, 11) is 0. The van der Waals surface area contributed by atoms with Crippen LogP contribution >= 0.6 is 23.2 Å². The largest absolute Gasteiger partial charge is 0.367 e. The standard InChI is InChI=1S/C22H16Cl2N7/c1-13(30-19-5-2-14(10-25)11-28-19)8-20-29-12-17(22-26-6-7-27-22)21(31-20)16-4-3-15(23)9-18(16)24/h2-7,9,11-13H,1,8H2,(H,26,27)(H,28,30). The van der Waals surface area contributed by atoms with Crippen LogP contribution in [-0.2, 0) is 6.42 Å². The van der Waals surface area contributed by atoms with E-state index in [1.54, 1.807) is 42.9 Å². The van der Waals surface area contributed by atoms with Crippen LogP contribution in [0.25, 0.3) is 22.6 Å². The third kappa shape index (κ3) is 4.82. The Morgan fingerprint density at radius 2 is 1.97 bits per heavy atom. The van der Waals surface area contributed by atoms with E-state index >= 15 is 0 Å². The molecule has 4 aromatic rings. The molecule has 153 valence electrons. The van der Waals surface area contributed by atoms with Crippen molar-refractivity contribution in [3.05, 3.63) is 83.5 Å². The summed E-state index contributed by atoms with van der Waals surface area (Å²) < 4.78 is 0. The van der Waals surface area contributed by atoms with E-state index in [4.69, 9.17) is 33.4 Å². The predicted octanol–water partition coefficient (Wildman–Crippen LogP) is 4.96. The molecule has 4 rings (SSSR count). The number of H-pyrrole nitrogens is 1. The van der Waals surface area contributed by atoms with Gasteiger partial charge < -0.3 is 10.3 Å². The van der Waals surface area contributed by atoms with Crippen molar-refractivity contribution in [3.8, 4) is 28.7 Å². The molecule has 0 amide bonds. The average Bonchev–Trinajstić information content (AvgIpc) is 3.29. The van der Waals surface area contributed by atoms with E-state index in [9.17, 15) is 0 Å². The summed E-state index contributed by atoms with van der Waals surface area (Å²) in [6.45, 7) is 4.12. The maximum absolute atomic E-state index is 8.89. The number of hydrogen-bond donors (Lipinski definition) is 2. The first-order valence-electron chi connectivity index (χ1n) is 9.30. The highest BCUT2D eigenvalue weighted by Crippen LogP contribution is 2.34. The summed E-state index contributed by atoms with van der Waals surface area (Å²) in [5.41, 5.74) is 2.58. The number of imidazole rings is 1. The van der Waals surface area contributed by atoms with Gasteiger partial charge in [-0.1, -0.05) is 23.2 Å².